The van der Waals surface area contributed by atoms with Crippen molar-refractivity contribution < 1.29 is 14.7 Å². The second-order valence-corrected chi connectivity index (χ2v) is 6.65. The van der Waals surface area contributed by atoms with E-state index in [1.54, 1.807) is 12.1 Å². The Morgan fingerprint density at radius 2 is 2.16 bits per heavy atom. The standard InChI is InChI=1S/C14H17NO3S/c1-14(6-3-7-19-14)9-15-12(16)10-4-2-5-11(8-10)13(17)18/h2,4-5,8H,3,6-7,9H2,1H3,(H,15,16)(H,17,18)/t14-/m0/s1. The Bertz CT molecular complexity index is 495. The van der Waals surface area contributed by atoms with E-state index in [2.05, 4.69) is 12.2 Å². The Hall–Kier alpha value is -1.49. The van der Waals surface area contributed by atoms with Crippen LogP contribution in [0.3, 0.4) is 0 Å². The van der Waals surface area contributed by atoms with Gasteiger partial charge in [0.2, 0.25) is 0 Å². The van der Waals surface area contributed by atoms with E-state index in [1.807, 2.05) is 11.8 Å². The fourth-order valence-corrected chi connectivity index (χ4v) is 3.38. The maximum Gasteiger partial charge on any atom is 0.335 e. The molecule has 1 fully saturated rings. The average molecular weight is 279 g/mol. The van der Waals surface area contributed by atoms with Crippen molar-refractivity contribution in [2.45, 2.75) is 24.5 Å². The molecule has 0 saturated carbocycles. The van der Waals surface area contributed by atoms with Gasteiger partial charge in [0.15, 0.2) is 0 Å². The first-order valence-electron chi connectivity index (χ1n) is 6.26. The zero-order chi connectivity index (χ0) is 13.9. The molecule has 19 heavy (non-hydrogen) atoms. The van der Waals surface area contributed by atoms with Gasteiger partial charge in [0.05, 0.1) is 5.56 Å². The summed E-state index contributed by atoms with van der Waals surface area (Å²) in [6.07, 6.45) is 2.29. The Morgan fingerprint density at radius 3 is 2.79 bits per heavy atom. The van der Waals surface area contributed by atoms with Crippen molar-refractivity contribution in [3.05, 3.63) is 35.4 Å². The first-order chi connectivity index (χ1) is 9.00. The van der Waals surface area contributed by atoms with E-state index in [-0.39, 0.29) is 16.2 Å². The molecule has 2 rings (SSSR count). The molecule has 102 valence electrons. The van der Waals surface area contributed by atoms with E-state index in [0.717, 1.165) is 12.2 Å². The SMILES string of the molecule is C[C@@]1(CNC(=O)c2cccc(C(=O)O)c2)CCCS1. The number of benzene rings is 1. The van der Waals surface area contributed by atoms with Crippen LogP contribution < -0.4 is 5.32 Å². The highest BCUT2D eigenvalue weighted by Crippen LogP contribution is 2.36. The normalized spacial score (nSPS) is 22.2. The summed E-state index contributed by atoms with van der Waals surface area (Å²) in [5.41, 5.74) is 0.528. The van der Waals surface area contributed by atoms with E-state index < -0.39 is 5.97 Å². The quantitative estimate of drug-likeness (QED) is 0.888. The predicted molar refractivity (Wildman–Crippen MR) is 75.8 cm³/mol. The third-order valence-electron chi connectivity index (χ3n) is 3.30. The Balaban J connectivity index is 1.99. The van der Waals surface area contributed by atoms with E-state index in [9.17, 15) is 9.59 Å². The Morgan fingerprint density at radius 1 is 1.42 bits per heavy atom. The maximum absolute atomic E-state index is 12.0. The summed E-state index contributed by atoms with van der Waals surface area (Å²) in [7, 11) is 0. The van der Waals surface area contributed by atoms with Crippen molar-refractivity contribution in [1.82, 2.24) is 5.32 Å². The molecule has 0 aromatic heterocycles. The fourth-order valence-electron chi connectivity index (χ4n) is 2.14. The van der Waals surface area contributed by atoms with Crippen molar-refractivity contribution in [3.63, 3.8) is 0 Å². The number of carbonyl (C=O) groups is 2. The minimum absolute atomic E-state index is 0.111. The van der Waals surface area contributed by atoms with Crippen LogP contribution in [0.4, 0.5) is 0 Å². The number of thioether (sulfide) groups is 1. The molecule has 5 heteroatoms. The lowest BCUT2D eigenvalue weighted by Gasteiger charge is -2.22. The van der Waals surface area contributed by atoms with Gasteiger partial charge in [0, 0.05) is 16.9 Å². The van der Waals surface area contributed by atoms with E-state index >= 15 is 0 Å². The third kappa shape index (κ3) is 3.50. The molecule has 1 saturated heterocycles. The number of hydrogen-bond acceptors (Lipinski definition) is 3. The van der Waals surface area contributed by atoms with Crippen molar-refractivity contribution in [3.8, 4) is 0 Å². The highest BCUT2D eigenvalue weighted by molar-refractivity contribution is 8.00. The number of carbonyl (C=O) groups excluding carboxylic acids is 1. The second-order valence-electron chi connectivity index (χ2n) is 4.97. The van der Waals surface area contributed by atoms with Crippen molar-refractivity contribution in [2.24, 2.45) is 0 Å². The second kappa shape index (κ2) is 5.65. The number of amides is 1. The van der Waals surface area contributed by atoms with Gasteiger partial charge >= 0.3 is 5.97 Å². The maximum atomic E-state index is 12.0. The van der Waals surface area contributed by atoms with Crippen molar-refractivity contribution in [1.29, 1.82) is 0 Å². The molecule has 1 atom stereocenters. The van der Waals surface area contributed by atoms with Gasteiger partial charge in [-0.05, 0) is 43.7 Å². The molecule has 0 unspecified atom stereocenters. The largest absolute Gasteiger partial charge is 0.478 e. The predicted octanol–water partition coefficient (Wildman–Crippen LogP) is 2.40. The zero-order valence-electron chi connectivity index (χ0n) is 10.8. The van der Waals surface area contributed by atoms with E-state index in [1.165, 1.54) is 18.6 Å². The first kappa shape index (κ1) is 13.9. The molecule has 4 nitrogen and oxygen atoms in total. The van der Waals surface area contributed by atoms with Crippen LogP contribution in [0, 0.1) is 0 Å². The summed E-state index contributed by atoms with van der Waals surface area (Å²) < 4.78 is 0.111. The molecule has 2 N–H and O–H groups in total. The number of hydrogen-bond donors (Lipinski definition) is 2. The third-order valence-corrected chi connectivity index (χ3v) is 4.83. The highest BCUT2D eigenvalue weighted by atomic mass is 32.2. The van der Waals surface area contributed by atoms with Gasteiger partial charge in [-0.15, -0.1) is 0 Å². The van der Waals surface area contributed by atoms with Crippen LogP contribution in [-0.2, 0) is 0 Å². The summed E-state index contributed by atoms with van der Waals surface area (Å²) in [5, 5.41) is 11.8. The number of aromatic carboxylic acids is 1. The summed E-state index contributed by atoms with van der Waals surface area (Å²) in [4.78, 5) is 22.9. The van der Waals surface area contributed by atoms with Gasteiger partial charge in [0.1, 0.15) is 0 Å². The molecule has 0 aliphatic carbocycles. The molecule has 1 aliphatic heterocycles. The van der Waals surface area contributed by atoms with Crippen LogP contribution in [0.1, 0.15) is 40.5 Å². The molecule has 0 radical (unpaired) electrons. The Labute approximate surface area is 116 Å². The number of carboxylic acids is 1. The molecule has 1 aliphatic rings. The minimum atomic E-state index is -1.02. The van der Waals surface area contributed by atoms with Crippen LogP contribution in [0.5, 0.6) is 0 Å². The van der Waals surface area contributed by atoms with Gasteiger partial charge < -0.3 is 10.4 Å². The first-order valence-corrected chi connectivity index (χ1v) is 7.24. The molecular weight excluding hydrogens is 262 g/mol. The lowest BCUT2D eigenvalue weighted by molar-refractivity contribution is 0.0697. The summed E-state index contributed by atoms with van der Waals surface area (Å²) in [5.74, 6) is -0.0919. The van der Waals surface area contributed by atoms with Crippen LogP contribution >= 0.6 is 11.8 Å². The smallest absolute Gasteiger partial charge is 0.335 e. The van der Waals surface area contributed by atoms with Crippen LogP contribution in [0.2, 0.25) is 0 Å². The molecule has 1 amide bonds. The molecule has 1 aromatic rings. The number of carboxylic acid groups (broad SMARTS) is 1. The average Bonchev–Trinajstić information content (AvgIpc) is 2.83. The number of nitrogens with one attached hydrogen (secondary N) is 1. The summed E-state index contributed by atoms with van der Waals surface area (Å²) in [6, 6.07) is 6.10. The number of rotatable bonds is 4. The van der Waals surface area contributed by atoms with E-state index in [0.29, 0.717) is 12.1 Å². The fraction of sp³-hybridized carbons (Fsp3) is 0.429. The van der Waals surface area contributed by atoms with E-state index in [4.69, 9.17) is 5.11 Å². The molecule has 1 heterocycles. The molecular formula is C14H17NO3S. The van der Waals surface area contributed by atoms with Gasteiger partial charge in [-0.2, -0.15) is 11.8 Å². The van der Waals surface area contributed by atoms with Crippen molar-refractivity contribution in [2.75, 3.05) is 12.3 Å². The Kier molecular flexibility index (Phi) is 4.14. The van der Waals surface area contributed by atoms with Crippen LogP contribution in [-0.4, -0.2) is 34.0 Å². The lowest BCUT2D eigenvalue weighted by atomic mass is 10.1. The van der Waals surface area contributed by atoms with Gasteiger partial charge in [-0.25, -0.2) is 4.79 Å². The monoisotopic (exact) mass is 279 g/mol. The summed E-state index contributed by atoms with van der Waals surface area (Å²) in [6.45, 7) is 2.77. The highest BCUT2D eigenvalue weighted by Gasteiger charge is 2.29. The van der Waals surface area contributed by atoms with Gasteiger partial charge in [0.25, 0.3) is 5.91 Å². The summed E-state index contributed by atoms with van der Waals surface area (Å²) >= 11 is 1.88. The van der Waals surface area contributed by atoms with Gasteiger partial charge in [-0.3, -0.25) is 4.79 Å². The zero-order valence-corrected chi connectivity index (χ0v) is 11.6. The van der Waals surface area contributed by atoms with Gasteiger partial charge in [-0.1, -0.05) is 6.07 Å². The molecule has 1 aromatic carbocycles. The van der Waals surface area contributed by atoms with Crippen molar-refractivity contribution >= 4 is 23.6 Å². The molecule has 0 spiro atoms. The minimum Gasteiger partial charge on any atom is -0.478 e. The van der Waals surface area contributed by atoms with Crippen LogP contribution in [0.25, 0.3) is 0 Å². The lowest BCUT2D eigenvalue weighted by Crippen LogP contribution is -2.36. The molecule has 0 bridgehead atoms. The van der Waals surface area contributed by atoms with Crippen LogP contribution in [0.15, 0.2) is 24.3 Å². The topological polar surface area (TPSA) is 66.4 Å².